The summed E-state index contributed by atoms with van der Waals surface area (Å²) in [4.78, 5) is 0. The lowest BCUT2D eigenvalue weighted by molar-refractivity contribution is 0.00578. The molecule has 0 radical (unpaired) electrons. The lowest BCUT2D eigenvalue weighted by atomic mass is 9.77. The van der Waals surface area contributed by atoms with E-state index in [0.717, 1.165) is 16.7 Å². The van der Waals surface area contributed by atoms with E-state index in [-0.39, 0.29) is 23.4 Å². The van der Waals surface area contributed by atoms with Crippen LogP contribution in [0.5, 0.6) is 0 Å². The molecule has 1 aliphatic rings. The molecule has 0 saturated carbocycles. The van der Waals surface area contributed by atoms with E-state index in [1.54, 1.807) is 0 Å². The summed E-state index contributed by atoms with van der Waals surface area (Å²) in [5.74, 6) is 0. The van der Waals surface area contributed by atoms with Crippen LogP contribution >= 0.6 is 12.2 Å². The molecule has 7 heteroatoms. The minimum Gasteiger partial charge on any atom is -0.400 e. The highest BCUT2D eigenvalue weighted by Crippen LogP contribution is 2.38. The third kappa shape index (κ3) is 4.36. The van der Waals surface area contributed by atoms with Gasteiger partial charge in [-0.1, -0.05) is 18.2 Å². The number of thiocarbonyl (C=S) groups is 1. The van der Waals surface area contributed by atoms with Crippen LogP contribution in [0.1, 0.15) is 33.3 Å². The summed E-state index contributed by atoms with van der Waals surface area (Å²) in [5.41, 5.74) is 7.73. The summed E-state index contributed by atoms with van der Waals surface area (Å²) < 4.78 is 12.3. The van der Waals surface area contributed by atoms with Crippen molar-refractivity contribution in [2.75, 3.05) is 18.9 Å². The van der Waals surface area contributed by atoms with Gasteiger partial charge in [0.15, 0.2) is 5.11 Å². The molecular weight excluding hydrogens is 321 g/mol. The van der Waals surface area contributed by atoms with Crippen LogP contribution in [0.4, 0.5) is 5.69 Å². The van der Waals surface area contributed by atoms with Crippen LogP contribution < -0.4 is 16.4 Å². The van der Waals surface area contributed by atoms with Crippen molar-refractivity contribution in [3.8, 4) is 0 Å². The first-order chi connectivity index (χ1) is 11.1. The number of nitrogens with one attached hydrogen (secondary N) is 2. The van der Waals surface area contributed by atoms with Crippen LogP contribution in [-0.4, -0.2) is 37.0 Å². The molecule has 0 bridgehead atoms. The molecule has 1 fully saturated rings. The number of likely N-dealkylation sites (N-methyl/N-ethyl adjacent to an activating group) is 1. The van der Waals surface area contributed by atoms with Gasteiger partial charge in [-0.05, 0) is 70.1 Å². The number of rotatable bonds is 5. The highest BCUT2D eigenvalue weighted by molar-refractivity contribution is 7.80. The largest absolute Gasteiger partial charge is 0.491 e. The van der Waals surface area contributed by atoms with Gasteiger partial charge in [-0.25, -0.2) is 0 Å². The van der Waals surface area contributed by atoms with Gasteiger partial charge >= 0.3 is 7.12 Å². The van der Waals surface area contributed by atoms with E-state index in [1.165, 1.54) is 0 Å². The second-order valence-corrected chi connectivity index (χ2v) is 7.39. The molecule has 0 unspecified atom stereocenters. The molecule has 0 spiro atoms. The maximum absolute atomic E-state index is 6.16. The summed E-state index contributed by atoms with van der Waals surface area (Å²) >= 11 is 4.89. The van der Waals surface area contributed by atoms with Crippen LogP contribution in [0.2, 0.25) is 0 Å². The minimum atomic E-state index is -0.380. The molecule has 1 aliphatic heterocycles. The van der Waals surface area contributed by atoms with Gasteiger partial charge in [-0.2, -0.15) is 0 Å². The smallest absolute Gasteiger partial charge is 0.400 e. The molecule has 2 rings (SSSR count). The normalized spacial score (nSPS) is 19.4. The summed E-state index contributed by atoms with van der Waals surface area (Å²) in [7, 11) is 1.53. The lowest BCUT2D eigenvalue weighted by Crippen LogP contribution is -2.41. The van der Waals surface area contributed by atoms with E-state index in [0.29, 0.717) is 6.54 Å². The Morgan fingerprint density at radius 1 is 1.25 bits per heavy atom. The van der Waals surface area contributed by atoms with Gasteiger partial charge in [0.1, 0.15) is 0 Å². The summed E-state index contributed by atoms with van der Waals surface area (Å²) in [5, 5.41) is 6.38. The first-order valence-electron chi connectivity index (χ1n) is 8.02. The van der Waals surface area contributed by atoms with E-state index < -0.39 is 0 Å². The number of hydrogen-bond donors (Lipinski definition) is 3. The van der Waals surface area contributed by atoms with E-state index in [9.17, 15) is 0 Å². The van der Waals surface area contributed by atoms with Gasteiger partial charge in [0.2, 0.25) is 0 Å². The minimum absolute atomic E-state index is 0.248. The standard InChI is InChI=1S/C17H26BN3O2S/c1-16(2)17(3,4)23-18(22-16)13(11-20-5)9-12-7-6-8-14(10-12)21-15(19)24/h6-10,20H,11H2,1-5H3,(H3,19,21,24). The highest BCUT2D eigenvalue weighted by atomic mass is 32.1. The number of hydrogen-bond acceptors (Lipinski definition) is 4. The fourth-order valence-electron chi connectivity index (χ4n) is 2.46. The lowest BCUT2D eigenvalue weighted by Gasteiger charge is -2.32. The van der Waals surface area contributed by atoms with Crippen molar-refractivity contribution in [2.24, 2.45) is 5.73 Å². The van der Waals surface area contributed by atoms with Crippen molar-refractivity contribution < 1.29 is 9.31 Å². The number of anilines is 1. The average Bonchev–Trinajstić information content (AvgIpc) is 2.66. The summed E-state index contributed by atoms with van der Waals surface area (Å²) in [6, 6.07) is 7.88. The number of nitrogens with two attached hydrogens (primary N) is 1. The van der Waals surface area contributed by atoms with Gasteiger partial charge in [0.05, 0.1) is 11.2 Å². The molecule has 130 valence electrons. The van der Waals surface area contributed by atoms with Gasteiger partial charge in [0, 0.05) is 12.2 Å². The quantitative estimate of drug-likeness (QED) is 0.562. The van der Waals surface area contributed by atoms with Crippen LogP contribution in [0.25, 0.3) is 6.08 Å². The predicted molar refractivity (Wildman–Crippen MR) is 105 cm³/mol. The van der Waals surface area contributed by atoms with E-state index in [4.69, 9.17) is 27.3 Å². The maximum Gasteiger partial charge on any atom is 0.491 e. The Kier molecular flexibility index (Phi) is 5.70. The van der Waals surface area contributed by atoms with Crippen LogP contribution in [-0.2, 0) is 9.31 Å². The van der Waals surface area contributed by atoms with Gasteiger partial charge in [0.25, 0.3) is 0 Å². The zero-order valence-corrected chi connectivity index (χ0v) is 15.8. The van der Waals surface area contributed by atoms with E-state index in [2.05, 4.69) is 44.4 Å². The first-order valence-corrected chi connectivity index (χ1v) is 8.43. The molecule has 1 heterocycles. The van der Waals surface area contributed by atoms with Crippen LogP contribution in [0.3, 0.4) is 0 Å². The third-order valence-corrected chi connectivity index (χ3v) is 4.55. The molecule has 5 nitrogen and oxygen atoms in total. The summed E-state index contributed by atoms with van der Waals surface area (Å²) in [6.07, 6.45) is 2.07. The van der Waals surface area contributed by atoms with Crippen molar-refractivity contribution in [2.45, 2.75) is 38.9 Å². The summed E-state index contributed by atoms with van der Waals surface area (Å²) in [6.45, 7) is 8.88. The van der Waals surface area contributed by atoms with Gasteiger partial charge < -0.3 is 25.7 Å². The molecule has 0 atom stereocenters. The fraction of sp³-hybridized carbons (Fsp3) is 0.471. The Morgan fingerprint density at radius 2 is 1.88 bits per heavy atom. The zero-order valence-electron chi connectivity index (χ0n) is 15.0. The molecule has 0 aliphatic carbocycles. The molecule has 1 aromatic carbocycles. The Bertz CT molecular complexity index is 630. The first kappa shape index (κ1) is 18.9. The third-order valence-electron chi connectivity index (χ3n) is 4.44. The SMILES string of the molecule is CNCC(=Cc1cccc(NC(N)=S)c1)B1OC(C)(C)C(C)(C)O1. The van der Waals surface area contributed by atoms with E-state index >= 15 is 0 Å². The van der Waals surface area contributed by atoms with Crippen LogP contribution in [0, 0.1) is 0 Å². The van der Waals surface area contributed by atoms with Crippen molar-refractivity contribution in [3.63, 3.8) is 0 Å². The Hall–Kier alpha value is -1.41. The molecule has 1 saturated heterocycles. The van der Waals surface area contributed by atoms with Gasteiger partial charge in [-0.3, -0.25) is 0 Å². The van der Waals surface area contributed by atoms with Gasteiger partial charge in [-0.15, -0.1) is 0 Å². The molecule has 0 aromatic heterocycles. The molecule has 4 N–H and O–H groups in total. The van der Waals surface area contributed by atoms with Crippen molar-refractivity contribution in [1.82, 2.24) is 5.32 Å². The highest BCUT2D eigenvalue weighted by Gasteiger charge is 2.52. The molecule has 0 amide bonds. The monoisotopic (exact) mass is 347 g/mol. The van der Waals surface area contributed by atoms with Crippen molar-refractivity contribution in [3.05, 3.63) is 35.3 Å². The second-order valence-electron chi connectivity index (χ2n) is 6.95. The maximum atomic E-state index is 6.16. The average molecular weight is 347 g/mol. The Labute approximate surface area is 150 Å². The molecular formula is C17H26BN3O2S. The topological polar surface area (TPSA) is 68.5 Å². The van der Waals surface area contributed by atoms with Crippen LogP contribution in [0.15, 0.2) is 29.7 Å². The number of benzene rings is 1. The van der Waals surface area contributed by atoms with Crippen molar-refractivity contribution in [1.29, 1.82) is 0 Å². The predicted octanol–water partition coefficient (Wildman–Crippen LogP) is 2.58. The Morgan fingerprint density at radius 3 is 2.42 bits per heavy atom. The molecule has 1 aromatic rings. The molecule has 24 heavy (non-hydrogen) atoms. The second kappa shape index (κ2) is 7.23. The fourth-order valence-corrected chi connectivity index (χ4v) is 2.58. The van der Waals surface area contributed by atoms with Crippen molar-refractivity contribution >= 4 is 36.2 Å². The Balaban J connectivity index is 2.28. The zero-order chi connectivity index (χ0) is 18.0. The van der Waals surface area contributed by atoms with E-state index in [1.807, 2.05) is 31.3 Å².